The Morgan fingerprint density at radius 1 is 1.28 bits per heavy atom. The van der Waals surface area contributed by atoms with Gasteiger partial charge in [0.25, 0.3) is 0 Å². The molecule has 7 nitrogen and oxygen atoms in total. The molecule has 1 amide bonds. The van der Waals surface area contributed by atoms with Crippen molar-refractivity contribution in [3.05, 3.63) is 23.9 Å². The third-order valence-electron chi connectivity index (χ3n) is 3.65. The molecule has 0 aliphatic carbocycles. The number of hydrogen-bond donors (Lipinski definition) is 1. The maximum atomic E-state index is 12.7. The number of ether oxygens (including phenoxy) is 2. The number of aromatic nitrogens is 1. The van der Waals surface area contributed by atoms with E-state index in [2.05, 4.69) is 9.72 Å². The molecular formula is C19H28F3N2O5-. The van der Waals surface area contributed by atoms with Crippen molar-refractivity contribution < 1.29 is 37.7 Å². The van der Waals surface area contributed by atoms with Gasteiger partial charge in [0.05, 0.1) is 0 Å². The Hall–Kier alpha value is -2.07. The smallest absolute Gasteiger partial charge is 0.422 e. The van der Waals surface area contributed by atoms with Crippen LogP contribution in [0.25, 0.3) is 0 Å². The van der Waals surface area contributed by atoms with E-state index in [0.717, 1.165) is 4.90 Å². The van der Waals surface area contributed by atoms with Gasteiger partial charge in [0, 0.05) is 24.9 Å². The Kier molecular flexibility index (Phi) is 8.28. The highest BCUT2D eigenvalue weighted by Crippen LogP contribution is 2.24. The topological polar surface area (TPSA) is 95.0 Å². The molecule has 0 radical (unpaired) electrons. The predicted molar refractivity (Wildman–Crippen MR) is 97.1 cm³/mol. The molecule has 0 bridgehead atoms. The highest BCUT2D eigenvalue weighted by atomic mass is 19.4. The van der Waals surface area contributed by atoms with Crippen molar-refractivity contribution in [1.29, 1.82) is 0 Å². The second kappa shape index (κ2) is 9.62. The number of alkyl halides is 3. The Morgan fingerprint density at radius 3 is 2.38 bits per heavy atom. The molecule has 0 saturated heterocycles. The van der Waals surface area contributed by atoms with Gasteiger partial charge in [-0.2, -0.15) is 13.2 Å². The van der Waals surface area contributed by atoms with Crippen LogP contribution in [-0.2, 0) is 11.2 Å². The molecular weight excluding hydrogens is 393 g/mol. The first-order chi connectivity index (χ1) is 13.1. The average Bonchev–Trinajstić information content (AvgIpc) is 2.50. The van der Waals surface area contributed by atoms with E-state index in [4.69, 9.17) is 4.74 Å². The monoisotopic (exact) mass is 421 g/mol. The normalized spacial score (nSPS) is 13.7. The van der Waals surface area contributed by atoms with Crippen LogP contribution in [0.15, 0.2) is 18.3 Å². The van der Waals surface area contributed by atoms with Gasteiger partial charge in [-0.25, -0.2) is 9.78 Å². The van der Waals surface area contributed by atoms with E-state index in [1.807, 2.05) is 0 Å². The summed E-state index contributed by atoms with van der Waals surface area (Å²) in [5.41, 5.74) is -2.20. The Balaban J connectivity index is 3.09. The van der Waals surface area contributed by atoms with Crippen molar-refractivity contribution >= 4 is 6.09 Å². The molecule has 1 atom stereocenters. The lowest BCUT2D eigenvalue weighted by Crippen LogP contribution is -2.62. The van der Waals surface area contributed by atoms with E-state index in [9.17, 15) is 28.2 Å². The van der Waals surface area contributed by atoms with Crippen molar-refractivity contribution in [3.63, 3.8) is 0 Å². The van der Waals surface area contributed by atoms with Crippen molar-refractivity contribution in [3.8, 4) is 5.88 Å². The summed E-state index contributed by atoms with van der Waals surface area (Å²) in [6.45, 7) is 5.79. The van der Waals surface area contributed by atoms with Gasteiger partial charge in [0.1, 0.15) is 5.60 Å². The van der Waals surface area contributed by atoms with Crippen LogP contribution < -0.4 is 9.84 Å². The summed E-state index contributed by atoms with van der Waals surface area (Å²) in [5.74, 6) is -0.229. The van der Waals surface area contributed by atoms with Gasteiger partial charge in [-0.3, -0.25) is 0 Å². The highest BCUT2D eigenvalue weighted by Gasteiger charge is 2.33. The van der Waals surface area contributed by atoms with Gasteiger partial charge in [-0.15, -0.1) is 0 Å². The first-order valence-electron chi connectivity index (χ1n) is 9.10. The van der Waals surface area contributed by atoms with Crippen LogP contribution in [0, 0.1) is 0 Å². The number of hydrogen-bond acceptors (Lipinski definition) is 6. The number of carbonyl (C=O) groups excluding carboxylic acids is 1. The predicted octanol–water partition coefficient (Wildman–Crippen LogP) is 2.65. The van der Waals surface area contributed by atoms with Gasteiger partial charge in [-0.05, 0) is 51.0 Å². The minimum atomic E-state index is -4.50. The Morgan fingerprint density at radius 2 is 1.90 bits per heavy atom. The fraction of sp³-hybridized carbons (Fsp3) is 0.684. The van der Waals surface area contributed by atoms with E-state index in [1.165, 1.54) is 32.2 Å². The van der Waals surface area contributed by atoms with Gasteiger partial charge in [0.15, 0.2) is 6.61 Å². The van der Waals surface area contributed by atoms with Crippen LogP contribution >= 0.6 is 0 Å². The van der Waals surface area contributed by atoms with Crippen LogP contribution in [0.4, 0.5) is 18.0 Å². The lowest BCUT2D eigenvalue weighted by atomic mass is 10.0. The first kappa shape index (κ1) is 25.0. The van der Waals surface area contributed by atoms with E-state index < -0.39 is 36.2 Å². The molecule has 1 N–H and O–H groups in total. The Labute approximate surface area is 168 Å². The largest absolute Gasteiger partial charge is 0.834 e. The molecule has 0 aliphatic heterocycles. The zero-order chi connectivity index (χ0) is 22.5. The van der Waals surface area contributed by atoms with Crippen LogP contribution in [0.2, 0.25) is 0 Å². The molecule has 29 heavy (non-hydrogen) atoms. The fourth-order valence-electron chi connectivity index (χ4n) is 2.68. The molecule has 10 heteroatoms. The maximum absolute atomic E-state index is 12.7. The third kappa shape index (κ3) is 9.31. The number of nitrogens with zero attached hydrogens (tertiary/aromatic N) is 2. The average molecular weight is 421 g/mol. The summed E-state index contributed by atoms with van der Waals surface area (Å²) in [4.78, 5) is 17.4. The number of rotatable bonds is 8. The summed E-state index contributed by atoms with van der Waals surface area (Å²) in [7, 11) is 0. The highest BCUT2D eigenvalue weighted by molar-refractivity contribution is 5.69. The van der Waals surface area contributed by atoms with Gasteiger partial charge >= 0.3 is 12.3 Å². The SMILES string of the molecule is CC(C)(C)OC(=O)N([C@H](CCO)Cc1ccnc(OCC(F)(F)F)c1)C(C)(C)[O-]. The summed E-state index contributed by atoms with van der Waals surface area (Å²) >= 11 is 0. The minimum Gasteiger partial charge on any atom is -0.834 e. The number of amides is 1. The molecule has 0 fully saturated rings. The zero-order valence-electron chi connectivity index (χ0n) is 17.2. The third-order valence-corrected chi connectivity index (χ3v) is 3.65. The minimum absolute atomic E-state index is 0.0754. The number of pyridine rings is 1. The molecule has 0 aliphatic rings. The van der Waals surface area contributed by atoms with E-state index in [1.54, 1.807) is 20.8 Å². The van der Waals surface area contributed by atoms with Gasteiger partial charge in [0.2, 0.25) is 5.88 Å². The summed E-state index contributed by atoms with van der Waals surface area (Å²) in [6.07, 6.45) is -3.89. The van der Waals surface area contributed by atoms with Crippen molar-refractivity contribution in [2.24, 2.45) is 0 Å². The number of halogens is 3. The quantitative estimate of drug-likeness (QED) is 0.649. The van der Waals surface area contributed by atoms with E-state index in [0.29, 0.717) is 5.56 Å². The second-order valence-electron chi connectivity index (χ2n) is 8.07. The molecule has 1 aromatic heterocycles. The number of aliphatic hydroxyl groups excluding tert-OH is 1. The Bertz CT molecular complexity index is 669. The van der Waals surface area contributed by atoms with Crippen LogP contribution in [0.3, 0.4) is 0 Å². The zero-order valence-corrected chi connectivity index (χ0v) is 17.2. The molecule has 0 aromatic carbocycles. The van der Waals surface area contributed by atoms with Gasteiger partial charge < -0.3 is 24.6 Å². The van der Waals surface area contributed by atoms with Crippen LogP contribution in [0.1, 0.15) is 46.6 Å². The molecule has 0 unspecified atom stereocenters. The molecule has 0 saturated carbocycles. The fourth-order valence-corrected chi connectivity index (χ4v) is 2.68. The molecule has 1 aromatic rings. The van der Waals surface area contributed by atoms with Crippen LogP contribution in [0.5, 0.6) is 5.88 Å². The molecule has 166 valence electrons. The first-order valence-corrected chi connectivity index (χ1v) is 9.10. The van der Waals surface area contributed by atoms with Crippen molar-refractivity contribution in [2.75, 3.05) is 13.2 Å². The molecule has 1 rings (SSSR count). The molecule has 1 heterocycles. The van der Waals surface area contributed by atoms with Crippen molar-refractivity contribution in [2.45, 2.75) is 71.0 Å². The van der Waals surface area contributed by atoms with Crippen molar-refractivity contribution in [1.82, 2.24) is 9.88 Å². The molecule has 0 spiro atoms. The second-order valence-corrected chi connectivity index (χ2v) is 8.07. The van der Waals surface area contributed by atoms with Crippen LogP contribution in [-0.4, -0.2) is 57.8 Å². The number of aliphatic hydroxyl groups is 1. The maximum Gasteiger partial charge on any atom is 0.422 e. The summed E-state index contributed by atoms with van der Waals surface area (Å²) in [6, 6.07) is 2.09. The van der Waals surface area contributed by atoms with Gasteiger partial charge in [-0.1, -0.05) is 13.8 Å². The summed E-state index contributed by atoms with van der Waals surface area (Å²) < 4.78 is 47.0. The summed E-state index contributed by atoms with van der Waals surface area (Å²) in [5, 5.41) is 22.1. The van der Waals surface area contributed by atoms with E-state index >= 15 is 0 Å². The lowest BCUT2D eigenvalue weighted by Gasteiger charge is -2.48. The lowest BCUT2D eigenvalue weighted by molar-refractivity contribution is -0.504. The standard InChI is InChI=1S/C19H28F3N2O5/c1-17(2,3)29-16(26)24(18(4,5)27)14(7-9-25)10-13-6-8-23-15(11-13)28-12-19(20,21)22/h6,8,11,14,25H,7,9-10,12H2,1-5H3/q-1/t14-/m1/s1. The van der Waals surface area contributed by atoms with E-state index in [-0.39, 0.29) is 25.3 Å². The number of carbonyl (C=O) groups is 1.